The van der Waals surface area contributed by atoms with Crippen LogP contribution in [0.1, 0.15) is 48.9 Å². The molecule has 2 unspecified atom stereocenters. The number of aliphatic hydroxyl groups is 1. The number of nitrogens with zero attached hydrogens (tertiary/aromatic N) is 1. The maximum Gasteiger partial charge on any atom is 0.295 e. The Morgan fingerprint density at radius 3 is 2.65 bits per heavy atom. The molecule has 0 saturated carbocycles. The van der Waals surface area contributed by atoms with E-state index in [1.54, 1.807) is 31.4 Å². The van der Waals surface area contributed by atoms with Crippen molar-refractivity contribution in [3.8, 4) is 11.5 Å². The van der Waals surface area contributed by atoms with Crippen molar-refractivity contribution in [3.05, 3.63) is 64.7 Å². The summed E-state index contributed by atoms with van der Waals surface area (Å²) in [4.78, 5) is 27.9. The first-order valence-corrected chi connectivity index (χ1v) is 11.7. The molecule has 180 valence electrons. The van der Waals surface area contributed by atoms with E-state index >= 15 is 0 Å². The average molecular weight is 466 g/mol. The van der Waals surface area contributed by atoms with Crippen LogP contribution in [0.3, 0.4) is 0 Å². The van der Waals surface area contributed by atoms with E-state index in [-0.39, 0.29) is 24.0 Å². The van der Waals surface area contributed by atoms with Crippen molar-refractivity contribution in [3.63, 3.8) is 0 Å². The molecule has 2 fully saturated rings. The maximum absolute atomic E-state index is 13.3. The molecule has 2 aromatic rings. The Kier molecular flexibility index (Phi) is 7.22. The SMILES string of the molecule is CCCOc1ccc(/C(O)=C2\C(=O)C(=O)N(CC3CCCO3)C2c2ccccc2OC)cc1C. The van der Waals surface area contributed by atoms with Crippen LogP contribution in [0.15, 0.2) is 48.0 Å². The number of carbonyl (C=O) groups is 2. The molecule has 2 heterocycles. The minimum atomic E-state index is -0.781. The summed E-state index contributed by atoms with van der Waals surface area (Å²) in [5.74, 6) is -0.312. The van der Waals surface area contributed by atoms with Gasteiger partial charge >= 0.3 is 0 Å². The molecular formula is C27H31NO6. The van der Waals surface area contributed by atoms with E-state index in [2.05, 4.69) is 0 Å². The van der Waals surface area contributed by atoms with Crippen LogP contribution >= 0.6 is 0 Å². The van der Waals surface area contributed by atoms with Gasteiger partial charge in [0.2, 0.25) is 0 Å². The highest BCUT2D eigenvalue weighted by Crippen LogP contribution is 2.43. The van der Waals surface area contributed by atoms with Crippen LogP contribution in [0.2, 0.25) is 0 Å². The highest BCUT2D eigenvalue weighted by Gasteiger charge is 2.48. The second-order valence-electron chi connectivity index (χ2n) is 8.66. The third kappa shape index (κ3) is 4.53. The highest BCUT2D eigenvalue weighted by molar-refractivity contribution is 6.46. The molecule has 2 aromatic carbocycles. The molecule has 2 aliphatic heterocycles. The summed E-state index contributed by atoms with van der Waals surface area (Å²) in [5, 5.41) is 11.3. The number of ketones is 1. The van der Waals surface area contributed by atoms with Crippen molar-refractivity contribution in [2.45, 2.75) is 45.3 Å². The van der Waals surface area contributed by atoms with Gasteiger partial charge in [0.15, 0.2) is 0 Å². The Morgan fingerprint density at radius 2 is 1.97 bits per heavy atom. The normalized spacial score (nSPS) is 21.8. The molecule has 7 nitrogen and oxygen atoms in total. The Hall–Kier alpha value is -3.32. The van der Waals surface area contributed by atoms with Crippen molar-refractivity contribution in [1.29, 1.82) is 0 Å². The van der Waals surface area contributed by atoms with E-state index in [0.717, 1.165) is 30.6 Å². The van der Waals surface area contributed by atoms with Crippen molar-refractivity contribution in [2.24, 2.45) is 0 Å². The summed E-state index contributed by atoms with van der Waals surface area (Å²) in [6.07, 6.45) is 2.47. The molecule has 34 heavy (non-hydrogen) atoms. The standard InChI is InChI=1S/C27H31NO6/c1-4-13-34-21-12-11-18(15-17(21)2)25(29)23-24(20-9-5-6-10-22(20)32-3)28(27(31)26(23)30)16-19-8-7-14-33-19/h5-6,9-12,15,19,24,29H,4,7-8,13-14,16H2,1-3H3/b25-23+. The number of amides is 1. The number of likely N-dealkylation sites (tertiary alicyclic amines) is 1. The monoisotopic (exact) mass is 465 g/mol. The number of hydrogen-bond acceptors (Lipinski definition) is 6. The van der Waals surface area contributed by atoms with Gasteiger partial charge in [-0.1, -0.05) is 25.1 Å². The predicted octanol–water partition coefficient (Wildman–Crippen LogP) is 4.39. The number of aliphatic hydroxyl groups excluding tert-OH is 1. The lowest BCUT2D eigenvalue weighted by Gasteiger charge is -2.28. The van der Waals surface area contributed by atoms with Crippen LogP contribution in [0.5, 0.6) is 11.5 Å². The molecule has 1 N–H and O–H groups in total. The van der Waals surface area contributed by atoms with Gasteiger partial charge < -0.3 is 24.2 Å². The third-order valence-electron chi connectivity index (χ3n) is 6.31. The first kappa shape index (κ1) is 23.8. The molecular weight excluding hydrogens is 434 g/mol. The molecule has 2 aliphatic rings. The lowest BCUT2D eigenvalue weighted by molar-refractivity contribution is -0.140. The highest BCUT2D eigenvalue weighted by atomic mass is 16.5. The van der Waals surface area contributed by atoms with Gasteiger partial charge in [-0.15, -0.1) is 0 Å². The molecule has 4 rings (SSSR count). The van der Waals surface area contributed by atoms with E-state index in [4.69, 9.17) is 14.2 Å². The molecule has 0 aromatic heterocycles. The molecule has 2 saturated heterocycles. The summed E-state index contributed by atoms with van der Waals surface area (Å²) in [6.45, 7) is 5.42. The summed E-state index contributed by atoms with van der Waals surface area (Å²) in [6, 6.07) is 11.7. The van der Waals surface area contributed by atoms with Crippen LogP contribution in [-0.2, 0) is 14.3 Å². The maximum atomic E-state index is 13.3. The average Bonchev–Trinajstić information content (AvgIpc) is 3.45. The number of benzene rings is 2. The number of ether oxygens (including phenoxy) is 3. The molecule has 0 aliphatic carbocycles. The Morgan fingerprint density at radius 1 is 1.18 bits per heavy atom. The topological polar surface area (TPSA) is 85.3 Å². The smallest absolute Gasteiger partial charge is 0.295 e. The molecule has 0 bridgehead atoms. The van der Waals surface area contributed by atoms with Crippen LogP contribution in [0, 0.1) is 6.92 Å². The van der Waals surface area contributed by atoms with Gasteiger partial charge in [0.05, 0.1) is 31.4 Å². The zero-order chi connectivity index (χ0) is 24.2. The van der Waals surface area contributed by atoms with Crippen molar-refractivity contribution in [2.75, 3.05) is 26.9 Å². The molecule has 0 radical (unpaired) electrons. The molecule has 0 spiro atoms. The number of carbonyl (C=O) groups excluding carboxylic acids is 2. The van der Waals surface area contributed by atoms with E-state index < -0.39 is 17.7 Å². The largest absolute Gasteiger partial charge is 0.507 e. The fourth-order valence-corrected chi connectivity index (χ4v) is 4.62. The number of aryl methyl sites for hydroxylation is 1. The van der Waals surface area contributed by atoms with Gasteiger partial charge in [-0.2, -0.15) is 0 Å². The Bertz CT molecular complexity index is 1100. The lowest BCUT2D eigenvalue weighted by Crippen LogP contribution is -2.36. The first-order chi connectivity index (χ1) is 16.5. The minimum Gasteiger partial charge on any atom is -0.507 e. The first-order valence-electron chi connectivity index (χ1n) is 11.7. The quantitative estimate of drug-likeness (QED) is 0.354. The van der Waals surface area contributed by atoms with E-state index in [1.807, 2.05) is 32.0 Å². The van der Waals surface area contributed by atoms with Crippen molar-refractivity contribution < 1.29 is 28.9 Å². The number of rotatable bonds is 8. The zero-order valence-corrected chi connectivity index (χ0v) is 19.9. The van der Waals surface area contributed by atoms with Crippen molar-refractivity contribution >= 4 is 17.4 Å². The molecule has 7 heteroatoms. The fraction of sp³-hybridized carbons (Fsp3) is 0.407. The van der Waals surface area contributed by atoms with Crippen molar-refractivity contribution in [1.82, 2.24) is 4.90 Å². The Balaban J connectivity index is 1.81. The summed E-state index contributed by atoms with van der Waals surface area (Å²) in [7, 11) is 1.55. The number of methoxy groups -OCH3 is 1. The lowest BCUT2D eigenvalue weighted by atomic mass is 9.94. The summed E-state index contributed by atoms with van der Waals surface area (Å²) >= 11 is 0. The summed E-state index contributed by atoms with van der Waals surface area (Å²) in [5.41, 5.74) is 1.98. The van der Waals surface area contributed by atoms with Gasteiger partial charge in [-0.05, 0) is 56.0 Å². The van der Waals surface area contributed by atoms with Gasteiger partial charge in [-0.25, -0.2) is 0 Å². The van der Waals surface area contributed by atoms with Crippen LogP contribution in [0.4, 0.5) is 0 Å². The Labute approximate surface area is 199 Å². The van der Waals surface area contributed by atoms with Gasteiger partial charge in [0.25, 0.3) is 11.7 Å². The zero-order valence-electron chi connectivity index (χ0n) is 19.9. The van der Waals surface area contributed by atoms with Crippen LogP contribution in [-0.4, -0.2) is 54.7 Å². The number of para-hydroxylation sites is 1. The van der Waals surface area contributed by atoms with Crippen LogP contribution < -0.4 is 9.47 Å². The van der Waals surface area contributed by atoms with Gasteiger partial charge in [-0.3, -0.25) is 9.59 Å². The van der Waals surface area contributed by atoms with Gasteiger partial charge in [0, 0.05) is 24.3 Å². The third-order valence-corrected chi connectivity index (χ3v) is 6.31. The van der Waals surface area contributed by atoms with Gasteiger partial charge in [0.1, 0.15) is 17.3 Å². The predicted molar refractivity (Wildman–Crippen MR) is 128 cm³/mol. The van der Waals surface area contributed by atoms with E-state index in [9.17, 15) is 14.7 Å². The van der Waals surface area contributed by atoms with Crippen LogP contribution in [0.25, 0.3) is 5.76 Å². The number of hydrogen-bond donors (Lipinski definition) is 1. The summed E-state index contributed by atoms with van der Waals surface area (Å²) < 4.78 is 17.0. The minimum absolute atomic E-state index is 0.0501. The fourth-order valence-electron chi connectivity index (χ4n) is 4.62. The second kappa shape index (κ2) is 10.3. The number of Topliss-reactive ketones (excluding diaryl/α,β-unsaturated/α-hetero) is 1. The van der Waals surface area contributed by atoms with E-state index in [0.29, 0.717) is 30.1 Å². The molecule has 1 amide bonds. The second-order valence-corrected chi connectivity index (χ2v) is 8.66. The molecule has 2 atom stereocenters. The van der Waals surface area contributed by atoms with E-state index in [1.165, 1.54) is 4.90 Å².